The van der Waals surface area contributed by atoms with Gasteiger partial charge < -0.3 is 14.9 Å². The number of carboxylic acid groups (broad SMARTS) is 1. The predicted octanol–water partition coefficient (Wildman–Crippen LogP) is 2.95. The van der Waals surface area contributed by atoms with Crippen LogP contribution in [0.2, 0.25) is 0 Å². The number of carboxylic acids is 1. The topological polar surface area (TPSA) is 60.9 Å². The molecule has 1 aliphatic carbocycles. The average Bonchev–Trinajstić information content (AvgIpc) is 2.76. The maximum Gasteiger partial charge on any atom is 0.320 e. The molecule has 0 aromatic rings. The van der Waals surface area contributed by atoms with Crippen LogP contribution in [0.4, 0.5) is 4.79 Å². The lowest BCUT2D eigenvalue weighted by atomic mass is 9.78. The first kappa shape index (κ1) is 16.1. The fraction of sp³-hybridized carbons (Fsp3) is 0.875. The van der Waals surface area contributed by atoms with Crippen molar-refractivity contribution < 1.29 is 14.7 Å². The molecule has 1 saturated heterocycles. The van der Waals surface area contributed by atoms with Crippen LogP contribution in [0, 0.1) is 5.92 Å². The highest BCUT2D eigenvalue weighted by atomic mass is 16.4. The molecule has 1 saturated carbocycles. The van der Waals surface area contributed by atoms with Gasteiger partial charge in [-0.05, 0) is 32.1 Å². The van der Waals surface area contributed by atoms with Gasteiger partial charge in [0.25, 0.3) is 0 Å². The second-order valence-electron chi connectivity index (χ2n) is 7.04. The van der Waals surface area contributed by atoms with Crippen molar-refractivity contribution in [1.29, 1.82) is 0 Å². The minimum Gasteiger partial charge on any atom is -0.481 e. The van der Waals surface area contributed by atoms with Gasteiger partial charge >= 0.3 is 12.0 Å². The average molecular weight is 296 g/mol. The van der Waals surface area contributed by atoms with Gasteiger partial charge in [-0.3, -0.25) is 4.79 Å². The molecule has 5 heteroatoms. The highest BCUT2D eigenvalue weighted by Gasteiger charge is 2.43. The Morgan fingerprint density at radius 2 is 1.86 bits per heavy atom. The third kappa shape index (κ3) is 3.33. The number of hydrogen-bond donors (Lipinski definition) is 1. The van der Waals surface area contributed by atoms with Crippen molar-refractivity contribution in [3.63, 3.8) is 0 Å². The van der Waals surface area contributed by atoms with Crippen molar-refractivity contribution in [3.05, 3.63) is 0 Å². The summed E-state index contributed by atoms with van der Waals surface area (Å²) in [5.74, 6) is -0.279. The summed E-state index contributed by atoms with van der Waals surface area (Å²) < 4.78 is 0. The molecule has 2 atom stereocenters. The van der Waals surface area contributed by atoms with Crippen LogP contribution in [-0.2, 0) is 4.79 Å². The van der Waals surface area contributed by atoms with E-state index >= 15 is 0 Å². The normalized spacial score (nSPS) is 28.4. The van der Waals surface area contributed by atoms with Crippen molar-refractivity contribution in [2.75, 3.05) is 13.6 Å². The fourth-order valence-electron chi connectivity index (χ4n) is 4.08. The molecule has 0 aromatic heterocycles. The third-order valence-corrected chi connectivity index (χ3v) is 5.29. The van der Waals surface area contributed by atoms with E-state index in [0.717, 1.165) is 45.1 Å². The van der Waals surface area contributed by atoms with Crippen LogP contribution in [0.25, 0.3) is 0 Å². The van der Waals surface area contributed by atoms with Gasteiger partial charge in [0.2, 0.25) is 0 Å². The lowest BCUT2D eigenvalue weighted by Gasteiger charge is -2.45. The molecule has 0 aromatic carbocycles. The van der Waals surface area contributed by atoms with Gasteiger partial charge in [0, 0.05) is 19.6 Å². The van der Waals surface area contributed by atoms with Gasteiger partial charge in [0.15, 0.2) is 0 Å². The first-order valence-corrected chi connectivity index (χ1v) is 8.12. The number of amides is 2. The minimum absolute atomic E-state index is 0.00926. The summed E-state index contributed by atoms with van der Waals surface area (Å²) in [7, 11) is 1.80. The number of urea groups is 1. The molecule has 1 N–H and O–H groups in total. The Hall–Kier alpha value is -1.26. The van der Waals surface area contributed by atoms with Crippen LogP contribution in [0.1, 0.15) is 58.8 Å². The molecule has 2 unspecified atom stereocenters. The minimum atomic E-state index is -0.806. The Morgan fingerprint density at radius 1 is 1.24 bits per heavy atom. The number of hydrogen-bond acceptors (Lipinski definition) is 2. The van der Waals surface area contributed by atoms with Crippen LogP contribution in [0.15, 0.2) is 0 Å². The lowest BCUT2D eigenvalue weighted by Crippen LogP contribution is -2.56. The van der Waals surface area contributed by atoms with E-state index < -0.39 is 11.5 Å². The third-order valence-electron chi connectivity index (χ3n) is 5.29. The highest BCUT2D eigenvalue weighted by Crippen LogP contribution is 2.37. The summed E-state index contributed by atoms with van der Waals surface area (Å²) >= 11 is 0. The molecule has 2 aliphatic rings. The van der Waals surface area contributed by atoms with Gasteiger partial charge in [-0.25, -0.2) is 4.79 Å². The van der Waals surface area contributed by atoms with E-state index in [4.69, 9.17) is 0 Å². The summed E-state index contributed by atoms with van der Waals surface area (Å²) in [4.78, 5) is 27.8. The summed E-state index contributed by atoms with van der Waals surface area (Å²) in [5, 5.41) is 9.27. The van der Waals surface area contributed by atoms with Gasteiger partial charge in [0.05, 0.1) is 12.0 Å². The standard InChI is InChI=1S/C16H28N2O3/c1-12-9-13(2)18(11-12)15(21)17(3)16(10-14(19)20)7-5-4-6-8-16/h12-13H,4-11H2,1-3H3,(H,19,20). The Bertz CT molecular complexity index is 404. The number of rotatable bonds is 3. The van der Waals surface area contributed by atoms with Crippen molar-refractivity contribution >= 4 is 12.0 Å². The second-order valence-corrected chi connectivity index (χ2v) is 7.04. The Balaban J connectivity index is 2.15. The number of carbonyl (C=O) groups excluding carboxylic acids is 1. The maximum absolute atomic E-state index is 12.8. The SMILES string of the molecule is CC1CC(C)N(C(=O)N(C)C2(CC(=O)O)CCCCC2)C1. The highest BCUT2D eigenvalue weighted by molar-refractivity contribution is 5.77. The Kier molecular flexibility index (Phi) is 4.79. The first-order chi connectivity index (χ1) is 9.85. The number of carbonyl (C=O) groups is 2. The van der Waals surface area contributed by atoms with Crippen molar-refractivity contribution in [1.82, 2.24) is 9.80 Å². The zero-order valence-electron chi connectivity index (χ0n) is 13.5. The summed E-state index contributed by atoms with van der Waals surface area (Å²) in [6, 6.07) is 0.260. The molecule has 1 heterocycles. The van der Waals surface area contributed by atoms with Crippen LogP contribution in [0.3, 0.4) is 0 Å². The van der Waals surface area contributed by atoms with Crippen molar-refractivity contribution in [3.8, 4) is 0 Å². The molecule has 1 aliphatic heterocycles. The summed E-state index contributed by atoms with van der Waals surface area (Å²) in [6.07, 6.45) is 5.87. The Morgan fingerprint density at radius 3 is 2.33 bits per heavy atom. The Labute approximate surface area is 127 Å². The van der Waals surface area contributed by atoms with Gasteiger partial charge in [-0.15, -0.1) is 0 Å². The van der Waals surface area contributed by atoms with Crippen molar-refractivity contribution in [2.45, 2.75) is 70.4 Å². The molecular weight excluding hydrogens is 268 g/mol. The molecule has 21 heavy (non-hydrogen) atoms. The van der Waals surface area contributed by atoms with E-state index in [-0.39, 0.29) is 18.5 Å². The maximum atomic E-state index is 12.8. The zero-order chi connectivity index (χ0) is 15.6. The molecule has 2 rings (SSSR count). The molecule has 2 fully saturated rings. The van der Waals surface area contributed by atoms with Crippen LogP contribution in [-0.4, -0.2) is 52.1 Å². The monoisotopic (exact) mass is 296 g/mol. The molecule has 0 bridgehead atoms. The smallest absolute Gasteiger partial charge is 0.320 e. The van der Waals surface area contributed by atoms with E-state index in [1.54, 1.807) is 11.9 Å². The van der Waals surface area contributed by atoms with Crippen LogP contribution in [0.5, 0.6) is 0 Å². The van der Waals surface area contributed by atoms with Crippen LogP contribution < -0.4 is 0 Å². The van der Waals surface area contributed by atoms with Gasteiger partial charge in [0.1, 0.15) is 0 Å². The molecule has 2 amide bonds. The molecule has 120 valence electrons. The lowest BCUT2D eigenvalue weighted by molar-refractivity contribution is -0.140. The molecule has 5 nitrogen and oxygen atoms in total. The number of nitrogens with zero attached hydrogens (tertiary/aromatic N) is 2. The number of likely N-dealkylation sites (tertiary alicyclic amines) is 1. The van der Waals surface area contributed by atoms with E-state index in [2.05, 4.69) is 13.8 Å². The first-order valence-electron chi connectivity index (χ1n) is 8.12. The summed E-state index contributed by atoms with van der Waals surface area (Å²) in [6.45, 7) is 5.03. The second kappa shape index (κ2) is 6.24. The van der Waals surface area contributed by atoms with Crippen LogP contribution >= 0.6 is 0 Å². The molecular formula is C16H28N2O3. The van der Waals surface area contributed by atoms with Crippen molar-refractivity contribution in [2.24, 2.45) is 5.92 Å². The summed E-state index contributed by atoms with van der Waals surface area (Å²) in [5.41, 5.74) is -0.493. The fourth-order valence-corrected chi connectivity index (χ4v) is 4.08. The van der Waals surface area contributed by atoms with E-state index in [1.807, 2.05) is 4.90 Å². The molecule has 0 spiro atoms. The van der Waals surface area contributed by atoms with E-state index in [0.29, 0.717) is 5.92 Å². The molecule has 0 radical (unpaired) electrons. The predicted molar refractivity (Wildman–Crippen MR) is 81.2 cm³/mol. The quantitative estimate of drug-likeness (QED) is 0.871. The van der Waals surface area contributed by atoms with E-state index in [1.165, 1.54) is 0 Å². The van der Waals surface area contributed by atoms with Gasteiger partial charge in [-0.1, -0.05) is 26.2 Å². The zero-order valence-corrected chi connectivity index (χ0v) is 13.5. The largest absolute Gasteiger partial charge is 0.481 e. The number of aliphatic carboxylic acids is 1. The van der Waals surface area contributed by atoms with Gasteiger partial charge in [-0.2, -0.15) is 0 Å². The van der Waals surface area contributed by atoms with E-state index in [9.17, 15) is 14.7 Å².